The van der Waals surface area contributed by atoms with Crippen molar-refractivity contribution in [3.63, 3.8) is 0 Å². The van der Waals surface area contributed by atoms with Gasteiger partial charge in [0.15, 0.2) is 4.80 Å². The molecule has 0 N–H and O–H groups in total. The van der Waals surface area contributed by atoms with Crippen LogP contribution in [-0.2, 0) is 16.1 Å². The minimum atomic E-state index is -0.499. The van der Waals surface area contributed by atoms with Crippen LogP contribution in [0.5, 0.6) is 0 Å². The fourth-order valence-electron chi connectivity index (χ4n) is 2.16. The normalized spacial score (nSPS) is 13.0. The van der Waals surface area contributed by atoms with Crippen LogP contribution in [0.4, 0.5) is 0 Å². The number of carbonyl (C=O) groups excluding carboxylic acids is 1. The first-order chi connectivity index (χ1) is 10.8. The summed E-state index contributed by atoms with van der Waals surface area (Å²) in [6.45, 7) is 11.5. The number of amides is 1. The van der Waals surface area contributed by atoms with Crippen molar-refractivity contribution in [2.24, 2.45) is 10.4 Å². The van der Waals surface area contributed by atoms with Crippen molar-refractivity contribution in [1.82, 2.24) is 4.57 Å². The maximum atomic E-state index is 12.3. The van der Waals surface area contributed by atoms with E-state index in [-0.39, 0.29) is 5.91 Å². The average Bonchev–Trinajstić information content (AvgIpc) is 2.81. The van der Waals surface area contributed by atoms with Crippen LogP contribution in [0.2, 0.25) is 5.02 Å². The van der Waals surface area contributed by atoms with Gasteiger partial charge in [-0.1, -0.05) is 43.7 Å². The number of nitrogens with zero attached hydrogens (tertiary/aromatic N) is 2. The van der Waals surface area contributed by atoms with E-state index in [1.54, 1.807) is 0 Å². The fourth-order valence-corrected chi connectivity index (χ4v) is 3.43. The summed E-state index contributed by atoms with van der Waals surface area (Å²) in [5, 5.41) is 0.717. The molecule has 2 rings (SSSR count). The van der Waals surface area contributed by atoms with Gasteiger partial charge in [-0.05, 0) is 31.5 Å². The minimum Gasteiger partial charge on any atom is -0.380 e. The van der Waals surface area contributed by atoms with Gasteiger partial charge >= 0.3 is 0 Å². The van der Waals surface area contributed by atoms with Gasteiger partial charge in [-0.25, -0.2) is 0 Å². The number of halogens is 1. The molecule has 2 aromatic rings. The van der Waals surface area contributed by atoms with Gasteiger partial charge in [-0.15, -0.1) is 0 Å². The van der Waals surface area contributed by atoms with Crippen LogP contribution in [0, 0.1) is 12.3 Å². The van der Waals surface area contributed by atoms with Gasteiger partial charge in [0.05, 0.1) is 16.8 Å². The highest BCUT2D eigenvalue weighted by molar-refractivity contribution is 7.16. The molecular formula is C17H23ClN2O2S. The molecule has 0 radical (unpaired) electrons. The van der Waals surface area contributed by atoms with Gasteiger partial charge in [0, 0.05) is 23.6 Å². The lowest BCUT2D eigenvalue weighted by Gasteiger charge is -2.12. The summed E-state index contributed by atoms with van der Waals surface area (Å²) in [7, 11) is 0. The molecule has 126 valence electrons. The van der Waals surface area contributed by atoms with Crippen LogP contribution in [0.15, 0.2) is 17.1 Å². The number of fused-ring (bicyclic) bond motifs is 1. The van der Waals surface area contributed by atoms with Crippen LogP contribution >= 0.6 is 22.9 Å². The first-order valence-corrected chi connectivity index (χ1v) is 8.90. The second-order valence-corrected chi connectivity index (χ2v) is 7.84. The monoisotopic (exact) mass is 354 g/mol. The highest BCUT2D eigenvalue weighted by Gasteiger charge is 2.21. The molecule has 0 atom stereocenters. The van der Waals surface area contributed by atoms with Crippen molar-refractivity contribution in [1.29, 1.82) is 0 Å². The molecule has 0 aliphatic carbocycles. The Morgan fingerprint density at radius 1 is 1.39 bits per heavy atom. The van der Waals surface area contributed by atoms with E-state index in [1.807, 2.05) is 51.3 Å². The number of aromatic nitrogens is 1. The first kappa shape index (κ1) is 18.2. The molecule has 0 aliphatic rings. The van der Waals surface area contributed by atoms with Crippen LogP contribution in [0.3, 0.4) is 0 Å². The van der Waals surface area contributed by atoms with Gasteiger partial charge in [-0.3, -0.25) is 4.79 Å². The fraction of sp³-hybridized carbons (Fsp3) is 0.529. The van der Waals surface area contributed by atoms with Gasteiger partial charge in [0.25, 0.3) is 5.91 Å². The van der Waals surface area contributed by atoms with E-state index in [2.05, 4.69) is 4.99 Å². The van der Waals surface area contributed by atoms with Crippen molar-refractivity contribution >= 4 is 39.1 Å². The summed E-state index contributed by atoms with van der Waals surface area (Å²) in [6, 6.07) is 3.87. The van der Waals surface area contributed by atoms with Crippen LogP contribution in [0.1, 0.15) is 33.3 Å². The molecule has 1 heterocycles. The number of thiazole rings is 1. The highest BCUT2D eigenvalue weighted by atomic mass is 35.5. The lowest BCUT2D eigenvalue weighted by molar-refractivity contribution is -0.125. The zero-order valence-corrected chi connectivity index (χ0v) is 15.8. The summed E-state index contributed by atoms with van der Waals surface area (Å²) >= 11 is 7.78. The Morgan fingerprint density at radius 2 is 2.09 bits per heavy atom. The van der Waals surface area contributed by atoms with Crippen LogP contribution in [-0.4, -0.2) is 23.7 Å². The predicted molar refractivity (Wildman–Crippen MR) is 96.1 cm³/mol. The Balaban J connectivity index is 2.64. The second-order valence-electron chi connectivity index (χ2n) is 6.42. The third-order valence-electron chi connectivity index (χ3n) is 3.53. The molecule has 6 heteroatoms. The molecule has 0 unspecified atom stereocenters. The largest absolute Gasteiger partial charge is 0.380 e. The van der Waals surface area contributed by atoms with Crippen LogP contribution < -0.4 is 4.80 Å². The smallest absolute Gasteiger partial charge is 0.253 e. The topological polar surface area (TPSA) is 43.6 Å². The van der Waals surface area contributed by atoms with Gasteiger partial charge in [0.1, 0.15) is 0 Å². The molecule has 1 amide bonds. The third-order valence-corrected chi connectivity index (χ3v) is 4.99. The van der Waals surface area contributed by atoms with Crippen molar-refractivity contribution in [2.45, 2.75) is 41.2 Å². The molecule has 23 heavy (non-hydrogen) atoms. The van der Waals surface area contributed by atoms with Crippen molar-refractivity contribution < 1.29 is 9.53 Å². The van der Waals surface area contributed by atoms with E-state index in [0.29, 0.717) is 29.6 Å². The molecule has 1 aromatic carbocycles. The quantitative estimate of drug-likeness (QED) is 0.773. The molecule has 0 spiro atoms. The maximum absolute atomic E-state index is 12.3. The summed E-state index contributed by atoms with van der Waals surface area (Å²) in [5.41, 5.74) is 1.53. The van der Waals surface area contributed by atoms with Gasteiger partial charge in [-0.2, -0.15) is 4.99 Å². The summed E-state index contributed by atoms with van der Waals surface area (Å²) < 4.78 is 8.59. The first-order valence-electron chi connectivity index (χ1n) is 7.71. The summed E-state index contributed by atoms with van der Waals surface area (Å²) in [5.74, 6) is -0.127. The number of aryl methyl sites for hydroxylation is 1. The van der Waals surface area contributed by atoms with Gasteiger partial charge in [0.2, 0.25) is 0 Å². The van der Waals surface area contributed by atoms with E-state index in [9.17, 15) is 4.79 Å². The Bertz CT molecular complexity index is 784. The Kier molecular flexibility index (Phi) is 5.65. The van der Waals surface area contributed by atoms with E-state index >= 15 is 0 Å². The zero-order chi connectivity index (χ0) is 17.2. The average molecular weight is 355 g/mol. The number of ether oxygens (including phenoxy) is 1. The van der Waals surface area contributed by atoms with E-state index in [0.717, 1.165) is 15.8 Å². The SMILES string of the molecule is CCOCCn1c(=NC(=O)C(C)(C)C)sc2ccc(Cl)c(C)c21. The molecule has 0 aliphatic heterocycles. The molecule has 0 bridgehead atoms. The highest BCUT2D eigenvalue weighted by Crippen LogP contribution is 2.27. The van der Waals surface area contributed by atoms with Crippen molar-refractivity contribution in [3.8, 4) is 0 Å². The van der Waals surface area contributed by atoms with Crippen LogP contribution in [0.25, 0.3) is 10.2 Å². The number of benzene rings is 1. The van der Waals surface area contributed by atoms with Gasteiger partial charge < -0.3 is 9.30 Å². The number of hydrogen-bond donors (Lipinski definition) is 0. The maximum Gasteiger partial charge on any atom is 0.253 e. The van der Waals surface area contributed by atoms with Crippen molar-refractivity contribution in [2.75, 3.05) is 13.2 Å². The Morgan fingerprint density at radius 3 is 2.70 bits per heavy atom. The molecule has 1 aromatic heterocycles. The Hall–Kier alpha value is -1.17. The number of hydrogen-bond acceptors (Lipinski definition) is 3. The second kappa shape index (κ2) is 7.16. The summed E-state index contributed by atoms with van der Waals surface area (Å²) in [6.07, 6.45) is 0. The predicted octanol–water partition coefficient (Wildman–Crippen LogP) is 4.17. The minimum absolute atomic E-state index is 0.127. The zero-order valence-electron chi connectivity index (χ0n) is 14.3. The third kappa shape index (κ3) is 4.03. The lowest BCUT2D eigenvalue weighted by Crippen LogP contribution is -2.25. The molecule has 0 saturated heterocycles. The molecular weight excluding hydrogens is 332 g/mol. The van der Waals surface area contributed by atoms with Crippen molar-refractivity contribution in [3.05, 3.63) is 27.5 Å². The standard InChI is InChI=1S/C17H23ClN2O2S/c1-6-22-10-9-20-14-11(2)12(18)7-8-13(14)23-16(20)19-15(21)17(3,4)5/h7-8H,6,9-10H2,1-5H3. The molecule has 4 nitrogen and oxygen atoms in total. The van der Waals surface area contributed by atoms with E-state index < -0.39 is 5.41 Å². The number of rotatable bonds is 4. The Labute approximate surface area is 145 Å². The van der Waals surface area contributed by atoms with E-state index in [1.165, 1.54) is 11.3 Å². The molecule has 0 fully saturated rings. The van der Waals surface area contributed by atoms with E-state index in [4.69, 9.17) is 16.3 Å². The molecule has 0 saturated carbocycles. The summed E-state index contributed by atoms with van der Waals surface area (Å²) in [4.78, 5) is 17.4. The lowest BCUT2D eigenvalue weighted by atomic mass is 9.96. The number of carbonyl (C=O) groups is 1.